The molecule has 0 saturated carbocycles. The standard InChI is InChI=1S/C14H24N2O2S/c1-4-19(17,18)13-7-5-12(6-8-13)16-14(9-10-15)11(2)3/h5-8,11,14,16H,4,9-10,15H2,1-3H3. The van der Waals surface area contributed by atoms with Crippen LogP contribution in [0.25, 0.3) is 0 Å². The average molecular weight is 284 g/mol. The molecule has 0 bridgehead atoms. The maximum atomic E-state index is 11.7. The molecule has 1 aromatic carbocycles. The molecule has 1 aromatic rings. The van der Waals surface area contributed by atoms with Crippen LogP contribution in [0.1, 0.15) is 27.2 Å². The highest BCUT2D eigenvalue weighted by molar-refractivity contribution is 7.91. The van der Waals surface area contributed by atoms with Gasteiger partial charge in [-0.2, -0.15) is 0 Å². The van der Waals surface area contributed by atoms with Gasteiger partial charge >= 0.3 is 0 Å². The summed E-state index contributed by atoms with van der Waals surface area (Å²) in [4.78, 5) is 0.375. The first kappa shape index (κ1) is 16.0. The van der Waals surface area contributed by atoms with Gasteiger partial charge in [0, 0.05) is 11.7 Å². The van der Waals surface area contributed by atoms with Crippen LogP contribution in [-0.2, 0) is 9.84 Å². The lowest BCUT2D eigenvalue weighted by molar-refractivity contribution is 0.499. The van der Waals surface area contributed by atoms with E-state index in [0.29, 0.717) is 23.4 Å². The summed E-state index contributed by atoms with van der Waals surface area (Å²) in [7, 11) is -3.12. The zero-order chi connectivity index (χ0) is 14.5. The van der Waals surface area contributed by atoms with Gasteiger partial charge in [0.1, 0.15) is 0 Å². The Bertz CT molecular complexity index is 481. The Kier molecular flexibility index (Phi) is 5.82. The minimum absolute atomic E-state index is 0.127. The molecule has 0 heterocycles. The van der Waals surface area contributed by atoms with Crippen molar-refractivity contribution in [3.05, 3.63) is 24.3 Å². The molecular formula is C14H24N2O2S. The minimum Gasteiger partial charge on any atom is -0.382 e. The molecule has 0 saturated heterocycles. The van der Waals surface area contributed by atoms with Crippen LogP contribution in [0.3, 0.4) is 0 Å². The highest BCUT2D eigenvalue weighted by Gasteiger charge is 2.14. The molecule has 19 heavy (non-hydrogen) atoms. The molecule has 0 spiro atoms. The van der Waals surface area contributed by atoms with Gasteiger partial charge in [-0.25, -0.2) is 8.42 Å². The summed E-state index contributed by atoms with van der Waals surface area (Å²) in [6, 6.07) is 7.24. The Morgan fingerprint density at radius 3 is 2.21 bits per heavy atom. The number of hydrogen-bond acceptors (Lipinski definition) is 4. The molecule has 0 radical (unpaired) electrons. The molecule has 1 unspecified atom stereocenters. The van der Waals surface area contributed by atoms with Gasteiger partial charge in [0.05, 0.1) is 10.6 Å². The van der Waals surface area contributed by atoms with E-state index < -0.39 is 9.84 Å². The SMILES string of the molecule is CCS(=O)(=O)c1ccc(NC(CCN)C(C)C)cc1. The van der Waals surface area contributed by atoms with Gasteiger partial charge in [0.15, 0.2) is 9.84 Å². The van der Waals surface area contributed by atoms with Gasteiger partial charge in [0.25, 0.3) is 0 Å². The van der Waals surface area contributed by atoms with E-state index in [0.717, 1.165) is 12.1 Å². The van der Waals surface area contributed by atoms with E-state index in [1.807, 2.05) is 12.1 Å². The lowest BCUT2D eigenvalue weighted by Gasteiger charge is -2.23. The molecule has 5 heteroatoms. The van der Waals surface area contributed by atoms with Crippen molar-refractivity contribution in [1.29, 1.82) is 0 Å². The summed E-state index contributed by atoms with van der Waals surface area (Å²) >= 11 is 0. The molecule has 0 aliphatic heterocycles. The number of anilines is 1. The lowest BCUT2D eigenvalue weighted by atomic mass is 10.0. The normalized spacial score (nSPS) is 13.5. The summed E-state index contributed by atoms with van der Waals surface area (Å²) in [5.74, 6) is 0.601. The molecule has 0 fully saturated rings. The maximum absolute atomic E-state index is 11.7. The molecule has 4 nitrogen and oxygen atoms in total. The Morgan fingerprint density at radius 2 is 1.79 bits per heavy atom. The van der Waals surface area contributed by atoms with Crippen molar-refractivity contribution in [2.45, 2.75) is 38.1 Å². The third-order valence-corrected chi connectivity index (χ3v) is 4.98. The van der Waals surface area contributed by atoms with E-state index in [-0.39, 0.29) is 5.75 Å². The predicted molar refractivity (Wildman–Crippen MR) is 80.1 cm³/mol. The first-order valence-electron chi connectivity index (χ1n) is 6.70. The van der Waals surface area contributed by atoms with E-state index in [2.05, 4.69) is 19.2 Å². The van der Waals surface area contributed by atoms with Gasteiger partial charge in [-0.1, -0.05) is 20.8 Å². The van der Waals surface area contributed by atoms with Crippen LogP contribution in [0.4, 0.5) is 5.69 Å². The smallest absolute Gasteiger partial charge is 0.178 e. The van der Waals surface area contributed by atoms with Crippen molar-refractivity contribution in [3.8, 4) is 0 Å². The van der Waals surface area contributed by atoms with Crippen molar-refractivity contribution in [3.63, 3.8) is 0 Å². The van der Waals surface area contributed by atoms with E-state index in [9.17, 15) is 8.42 Å². The zero-order valence-electron chi connectivity index (χ0n) is 11.9. The van der Waals surface area contributed by atoms with Gasteiger partial charge < -0.3 is 11.1 Å². The second-order valence-electron chi connectivity index (χ2n) is 5.00. The quantitative estimate of drug-likeness (QED) is 0.805. The van der Waals surface area contributed by atoms with E-state index >= 15 is 0 Å². The number of nitrogens with two attached hydrogens (primary N) is 1. The van der Waals surface area contributed by atoms with Gasteiger partial charge in [-0.15, -0.1) is 0 Å². The molecule has 108 valence electrons. The topological polar surface area (TPSA) is 72.2 Å². The maximum Gasteiger partial charge on any atom is 0.178 e. The fourth-order valence-corrected chi connectivity index (χ4v) is 2.78. The lowest BCUT2D eigenvalue weighted by Crippen LogP contribution is -2.28. The van der Waals surface area contributed by atoms with Crippen molar-refractivity contribution in [1.82, 2.24) is 0 Å². The molecule has 0 aliphatic carbocycles. The van der Waals surface area contributed by atoms with Crippen LogP contribution < -0.4 is 11.1 Å². The minimum atomic E-state index is -3.12. The summed E-state index contributed by atoms with van der Waals surface area (Å²) in [5, 5.41) is 3.40. The van der Waals surface area contributed by atoms with Crippen LogP contribution in [-0.4, -0.2) is 26.8 Å². The van der Waals surface area contributed by atoms with Crippen molar-refractivity contribution < 1.29 is 8.42 Å². The summed E-state index contributed by atoms with van der Waals surface area (Å²) in [6.07, 6.45) is 0.896. The van der Waals surface area contributed by atoms with Crippen LogP contribution in [0.5, 0.6) is 0 Å². The van der Waals surface area contributed by atoms with Gasteiger partial charge in [0.2, 0.25) is 0 Å². The van der Waals surface area contributed by atoms with Gasteiger partial charge in [-0.05, 0) is 43.1 Å². The van der Waals surface area contributed by atoms with Gasteiger partial charge in [-0.3, -0.25) is 0 Å². The van der Waals surface area contributed by atoms with Crippen LogP contribution in [0.2, 0.25) is 0 Å². The monoisotopic (exact) mass is 284 g/mol. The van der Waals surface area contributed by atoms with E-state index in [1.54, 1.807) is 19.1 Å². The second kappa shape index (κ2) is 6.91. The molecule has 0 amide bonds. The van der Waals surface area contributed by atoms with Crippen LogP contribution >= 0.6 is 0 Å². The molecule has 1 atom stereocenters. The number of nitrogens with one attached hydrogen (secondary N) is 1. The van der Waals surface area contributed by atoms with Crippen LogP contribution in [0.15, 0.2) is 29.2 Å². The largest absolute Gasteiger partial charge is 0.382 e. The Labute approximate surface area is 116 Å². The third kappa shape index (κ3) is 4.51. The molecular weight excluding hydrogens is 260 g/mol. The fraction of sp³-hybridized carbons (Fsp3) is 0.571. The zero-order valence-corrected chi connectivity index (χ0v) is 12.7. The van der Waals surface area contributed by atoms with E-state index in [1.165, 1.54) is 0 Å². The fourth-order valence-electron chi connectivity index (χ4n) is 1.89. The molecule has 3 N–H and O–H groups in total. The molecule has 0 aliphatic rings. The first-order chi connectivity index (χ1) is 8.90. The number of benzene rings is 1. The number of rotatable bonds is 7. The van der Waals surface area contributed by atoms with E-state index in [4.69, 9.17) is 5.73 Å². The summed E-state index contributed by atoms with van der Waals surface area (Å²) < 4.78 is 23.4. The average Bonchev–Trinajstić information content (AvgIpc) is 2.38. The van der Waals surface area contributed by atoms with Crippen LogP contribution in [0, 0.1) is 5.92 Å². The first-order valence-corrected chi connectivity index (χ1v) is 8.35. The molecule has 0 aromatic heterocycles. The Balaban J connectivity index is 2.82. The number of sulfone groups is 1. The van der Waals surface area contributed by atoms with Crippen molar-refractivity contribution in [2.75, 3.05) is 17.6 Å². The second-order valence-corrected chi connectivity index (χ2v) is 7.28. The molecule has 1 rings (SSSR count). The third-order valence-electron chi connectivity index (χ3n) is 3.23. The Hall–Kier alpha value is -1.07. The number of hydrogen-bond donors (Lipinski definition) is 2. The van der Waals surface area contributed by atoms with Crippen molar-refractivity contribution in [2.24, 2.45) is 11.7 Å². The summed E-state index contributed by atoms with van der Waals surface area (Å²) in [5.41, 5.74) is 6.53. The predicted octanol–water partition coefficient (Wildman–Crippen LogP) is 2.27. The highest BCUT2D eigenvalue weighted by Crippen LogP contribution is 2.18. The van der Waals surface area contributed by atoms with Crippen molar-refractivity contribution >= 4 is 15.5 Å². The Morgan fingerprint density at radius 1 is 1.21 bits per heavy atom. The summed E-state index contributed by atoms with van der Waals surface area (Å²) in [6.45, 7) is 6.57. The highest BCUT2D eigenvalue weighted by atomic mass is 32.2.